The lowest BCUT2D eigenvalue weighted by molar-refractivity contribution is -0.205. The third-order valence-corrected chi connectivity index (χ3v) is 3.70. The van der Waals surface area contributed by atoms with Gasteiger partial charge in [-0.1, -0.05) is 6.92 Å². The second-order valence-electron chi connectivity index (χ2n) is 3.57. The minimum Gasteiger partial charge on any atom is -0.394 e. The van der Waals surface area contributed by atoms with Crippen molar-refractivity contribution in [2.45, 2.75) is 43.2 Å². The van der Waals surface area contributed by atoms with Crippen LogP contribution in [-0.4, -0.2) is 62.6 Å². The first-order valence-corrected chi connectivity index (χ1v) is 6.08. The second kappa shape index (κ2) is 6.03. The molecule has 0 aromatic carbocycles. The van der Waals surface area contributed by atoms with E-state index in [-0.39, 0.29) is 6.61 Å². The maximum atomic E-state index is 9.61. The van der Waals surface area contributed by atoms with E-state index in [0.29, 0.717) is 0 Å². The smallest absolute Gasteiger partial charge is 0.132 e. The molecule has 1 heterocycles. The zero-order chi connectivity index (χ0) is 11.4. The van der Waals surface area contributed by atoms with E-state index in [1.54, 1.807) is 0 Å². The molecule has 1 aliphatic heterocycles. The van der Waals surface area contributed by atoms with E-state index in [4.69, 9.17) is 9.84 Å². The molecule has 6 heteroatoms. The van der Waals surface area contributed by atoms with Crippen LogP contribution in [-0.2, 0) is 4.74 Å². The average Bonchev–Trinajstić information content (AvgIpc) is 2.25. The lowest BCUT2D eigenvalue weighted by Gasteiger charge is -2.39. The fourth-order valence-corrected chi connectivity index (χ4v) is 2.49. The topological polar surface area (TPSA) is 90.2 Å². The summed E-state index contributed by atoms with van der Waals surface area (Å²) in [6, 6.07) is 0. The molecule has 15 heavy (non-hydrogen) atoms. The minimum absolute atomic E-state index is 0.367. The Bertz CT molecular complexity index is 189. The van der Waals surface area contributed by atoms with Crippen LogP contribution in [0.15, 0.2) is 0 Å². The van der Waals surface area contributed by atoms with Gasteiger partial charge in [0, 0.05) is 0 Å². The Labute approximate surface area is 93.1 Å². The Morgan fingerprint density at radius 1 is 1.13 bits per heavy atom. The molecule has 1 saturated heterocycles. The largest absolute Gasteiger partial charge is 0.394 e. The number of aliphatic hydroxyl groups is 4. The Balaban J connectivity index is 2.57. The summed E-state index contributed by atoms with van der Waals surface area (Å²) in [5, 5.41) is 37.5. The number of aliphatic hydroxyl groups excluding tert-OH is 4. The zero-order valence-electron chi connectivity index (χ0n) is 8.61. The van der Waals surface area contributed by atoms with Gasteiger partial charge in [0.1, 0.15) is 29.9 Å². The SMILES string of the molecule is CCCS[C@@H]1O[C@H](CO)[C@H](O)[C@H](O)[C@H]1O. The molecule has 1 aliphatic rings. The highest BCUT2D eigenvalue weighted by Crippen LogP contribution is 2.28. The predicted octanol–water partition coefficient (Wildman–Crippen LogP) is -1.07. The van der Waals surface area contributed by atoms with E-state index in [2.05, 4.69) is 0 Å². The van der Waals surface area contributed by atoms with Crippen LogP contribution in [0.1, 0.15) is 13.3 Å². The quantitative estimate of drug-likeness (QED) is 0.498. The lowest BCUT2D eigenvalue weighted by atomic mass is 10.0. The summed E-state index contributed by atoms with van der Waals surface area (Å²) >= 11 is 1.38. The van der Waals surface area contributed by atoms with Crippen molar-refractivity contribution >= 4 is 11.8 Å². The Morgan fingerprint density at radius 2 is 1.80 bits per heavy atom. The number of hydrogen-bond acceptors (Lipinski definition) is 6. The van der Waals surface area contributed by atoms with E-state index in [9.17, 15) is 15.3 Å². The van der Waals surface area contributed by atoms with Crippen LogP contribution in [0.4, 0.5) is 0 Å². The fourth-order valence-electron chi connectivity index (χ4n) is 1.44. The van der Waals surface area contributed by atoms with E-state index in [0.717, 1.165) is 12.2 Å². The summed E-state index contributed by atoms with van der Waals surface area (Å²) < 4.78 is 5.29. The molecule has 5 nitrogen and oxygen atoms in total. The van der Waals surface area contributed by atoms with Crippen molar-refractivity contribution in [3.8, 4) is 0 Å². The van der Waals surface area contributed by atoms with Gasteiger partial charge in [0.15, 0.2) is 0 Å². The molecule has 90 valence electrons. The summed E-state index contributed by atoms with van der Waals surface area (Å²) in [6.07, 6.45) is -3.49. The summed E-state index contributed by atoms with van der Waals surface area (Å²) in [6.45, 7) is 1.63. The van der Waals surface area contributed by atoms with Gasteiger partial charge in [0.2, 0.25) is 0 Å². The van der Waals surface area contributed by atoms with Gasteiger partial charge in [-0.05, 0) is 12.2 Å². The van der Waals surface area contributed by atoms with Crippen molar-refractivity contribution in [3.63, 3.8) is 0 Å². The molecule has 1 rings (SSSR count). The highest BCUT2D eigenvalue weighted by Gasteiger charge is 2.43. The highest BCUT2D eigenvalue weighted by atomic mass is 32.2. The standard InChI is InChI=1S/C9H18O5S/c1-2-3-15-9-8(13)7(12)6(11)5(4-10)14-9/h5-13H,2-4H2,1H3/t5-,6+,7+,8-,9+/m1/s1. The average molecular weight is 238 g/mol. The fraction of sp³-hybridized carbons (Fsp3) is 1.00. The molecule has 0 unspecified atom stereocenters. The van der Waals surface area contributed by atoms with Gasteiger partial charge in [-0.25, -0.2) is 0 Å². The van der Waals surface area contributed by atoms with Gasteiger partial charge in [0.05, 0.1) is 6.61 Å². The molecule has 0 radical (unpaired) electrons. The molecule has 0 aromatic rings. The van der Waals surface area contributed by atoms with Crippen LogP contribution in [0, 0.1) is 0 Å². The maximum Gasteiger partial charge on any atom is 0.132 e. The number of ether oxygens (including phenoxy) is 1. The number of rotatable bonds is 4. The van der Waals surface area contributed by atoms with Crippen LogP contribution in [0.25, 0.3) is 0 Å². The summed E-state index contributed by atoms with van der Waals surface area (Å²) in [5.41, 5.74) is -0.583. The van der Waals surface area contributed by atoms with Gasteiger partial charge in [-0.3, -0.25) is 0 Å². The predicted molar refractivity (Wildman–Crippen MR) is 56.5 cm³/mol. The molecule has 4 N–H and O–H groups in total. The Hall–Kier alpha value is 0.150. The molecule has 0 amide bonds. The third-order valence-electron chi connectivity index (χ3n) is 2.33. The zero-order valence-corrected chi connectivity index (χ0v) is 9.43. The van der Waals surface area contributed by atoms with Crippen molar-refractivity contribution in [2.24, 2.45) is 0 Å². The van der Waals surface area contributed by atoms with Crippen LogP contribution in [0.3, 0.4) is 0 Å². The van der Waals surface area contributed by atoms with E-state index in [1.807, 2.05) is 6.92 Å². The van der Waals surface area contributed by atoms with Crippen molar-refractivity contribution in [2.75, 3.05) is 12.4 Å². The van der Waals surface area contributed by atoms with E-state index < -0.39 is 29.9 Å². The molecule has 5 atom stereocenters. The molecular formula is C9H18O5S. The molecule has 0 aromatic heterocycles. The summed E-state index contributed by atoms with van der Waals surface area (Å²) in [7, 11) is 0. The van der Waals surface area contributed by atoms with Crippen LogP contribution in [0.2, 0.25) is 0 Å². The van der Waals surface area contributed by atoms with Gasteiger partial charge in [0.25, 0.3) is 0 Å². The summed E-state index contributed by atoms with van der Waals surface area (Å²) in [5.74, 6) is 0.794. The molecule has 1 fully saturated rings. The molecular weight excluding hydrogens is 220 g/mol. The molecule has 0 spiro atoms. The number of thioether (sulfide) groups is 1. The van der Waals surface area contributed by atoms with Crippen molar-refractivity contribution in [1.82, 2.24) is 0 Å². The van der Waals surface area contributed by atoms with Crippen LogP contribution >= 0.6 is 11.8 Å². The molecule has 0 aliphatic carbocycles. The Morgan fingerprint density at radius 3 is 2.33 bits per heavy atom. The van der Waals surface area contributed by atoms with E-state index in [1.165, 1.54) is 11.8 Å². The van der Waals surface area contributed by atoms with Crippen LogP contribution in [0.5, 0.6) is 0 Å². The van der Waals surface area contributed by atoms with Gasteiger partial charge >= 0.3 is 0 Å². The third kappa shape index (κ3) is 3.05. The first-order valence-electron chi connectivity index (χ1n) is 5.04. The second-order valence-corrected chi connectivity index (χ2v) is 4.77. The minimum atomic E-state index is -1.26. The van der Waals surface area contributed by atoms with Gasteiger partial charge in [-0.15, -0.1) is 11.8 Å². The monoisotopic (exact) mass is 238 g/mol. The summed E-state index contributed by atoms with van der Waals surface area (Å²) in [4.78, 5) is 0. The lowest BCUT2D eigenvalue weighted by Crippen LogP contribution is -2.57. The maximum absolute atomic E-state index is 9.61. The van der Waals surface area contributed by atoms with Gasteiger partial charge in [-0.2, -0.15) is 0 Å². The van der Waals surface area contributed by atoms with Crippen molar-refractivity contribution in [3.05, 3.63) is 0 Å². The van der Waals surface area contributed by atoms with Gasteiger partial charge < -0.3 is 25.2 Å². The molecule has 0 saturated carbocycles. The van der Waals surface area contributed by atoms with Crippen LogP contribution < -0.4 is 0 Å². The normalized spacial score (nSPS) is 41.8. The van der Waals surface area contributed by atoms with Crippen molar-refractivity contribution in [1.29, 1.82) is 0 Å². The first kappa shape index (κ1) is 13.2. The first-order chi connectivity index (χ1) is 7.11. The highest BCUT2D eigenvalue weighted by molar-refractivity contribution is 7.99. The van der Waals surface area contributed by atoms with Crippen molar-refractivity contribution < 1.29 is 25.2 Å². The van der Waals surface area contributed by atoms with E-state index >= 15 is 0 Å². The Kier molecular flexibility index (Phi) is 5.31. The molecule has 0 bridgehead atoms. The number of hydrogen-bond donors (Lipinski definition) is 4.